The molecule has 0 spiro atoms. The lowest BCUT2D eigenvalue weighted by atomic mass is 9.83. The van der Waals surface area contributed by atoms with Crippen LogP contribution in [-0.2, 0) is 10.8 Å². The highest BCUT2D eigenvalue weighted by Crippen LogP contribution is 2.51. The lowest BCUT2D eigenvalue weighted by Crippen LogP contribution is -2.22. The van der Waals surface area contributed by atoms with Crippen molar-refractivity contribution in [3.63, 3.8) is 0 Å². The summed E-state index contributed by atoms with van der Waals surface area (Å²) in [5.41, 5.74) is 2.45. The third kappa shape index (κ3) is 3.71. The molecule has 3 rings (SSSR count). The molecule has 1 aliphatic rings. The molecule has 0 aliphatic heterocycles. The van der Waals surface area contributed by atoms with E-state index in [0.717, 1.165) is 12.8 Å². The van der Waals surface area contributed by atoms with Gasteiger partial charge in [-0.05, 0) is 29.4 Å². The van der Waals surface area contributed by atoms with Crippen molar-refractivity contribution in [1.82, 2.24) is 9.97 Å². The molecule has 0 amide bonds. The van der Waals surface area contributed by atoms with Crippen molar-refractivity contribution in [3.8, 4) is 0 Å². The fraction of sp³-hybridized carbons (Fsp3) is 0.476. The van der Waals surface area contributed by atoms with Gasteiger partial charge in [0.1, 0.15) is 5.69 Å². The van der Waals surface area contributed by atoms with Gasteiger partial charge in [0.25, 0.3) is 5.56 Å². The highest BCUT2D eigenvalue weighted by molar-refractivity contribution is 5.95. The Hall–Kier alpha value is -2.43. The number of anilines is 1. The molecule has 0 unspecified atom stereocenters. The van der Waals surface area contributed by atoms with Crippen LogP contribution < -0.4 is 10.5 Å². The molecule has 138 valence electrons. The van der Waals surface area contributed by atoms with Crippen LogP contribution in [0.1, 0.15) is 61.6 Å². The van der Waals surface area contributed by atoms with Gasteiger partial charge in [0.05, 0.1) is 0 Å². The minimum Gasteiger partial charge on any atom is -0.348 e. The highest BCUT2D eigenvalue weighted by atomic mass is 16.1. The summed E-state index contributed by atoms with van der Waals surface area (Å²) in [4.78, 5) is 33.3. The Bertz CT molecular complexity index is 869. The Kier molecular flexibility index (Phi) is 4.51. The summed E-state index contributed by atoms with van der Waals surface area (Å²) in [6.07, 6.45) is 2.39. The summed E-state index contributed by atoms with van der Waals surface area (Å²) in [5, 5.41) is 0. The van der Waals surface area contributed by atoms with Crippen LogP contribution >= 0.6 is 0 Å². The molecular weight excluding hydrogens is 326 g/mol. The van der Waals surface area contributed by atoms with Gasteiger partial charge >= 0.3 is 0 Å². The number of hydrogen-bond acceptors (Lipinski definition) is 4. The zero-order valence-corrected chi connectivity index (χ0v) is 16.2. The molecule has 1 aromatic heterocycles. The van der Waals surface area contributed by atoms with Crippen LogP contribution in [0.2, 0.25) is 0 Å². The first kappa shape index (κ1) is 18.4. The summed E-state index contributed by atoms with van der Waals surface area (Å²) in [5.74, 6) is 0.330. The molecule has 0 bridgehead atoms. The fourth-order valence-corrected chi connectivity index (χ4v) is 3.24. The normalized spacial score (nSPS) is 15.6. The number of Topliss-reactive ketones (excluding diaryl/α,β-unsaturated/α-hetero) is 1. The van der Waals surface area contributed by atoms with Crippen LogP contribution in [0.4, 0.5) is 5.95 Å². The monoisotopic (exact) mass is 353 g/mol. The van der Waals surface area contributed by atoms with E-state index in [9.17, 15) is 9.59 Å². The average Bonchev–Trinajstić information content (AvgIpc) is 3.34. The molecule has 1 N–H and O–H groups in total. The Morgan fingerprint density at radius 2 is 1.81 bits per heavy atom. The van der Waals surface area contributed by atoms with Gasteiger partial charge in [-0.1, -0.05) is 45.0 Å². The standard InChI is InChI=1S/C21H27N3O2/c1-20(2,3)14-6-8-15(9-7-14)21(10-11-21)13-17(25)16-12-18(26)23-19(22-16)24(4)5/h6-9,12H,10-11,13H2,1-5H3,(H,22,23,26). The molecule has 1 saturated carbocycles. The van der Waals surface area contributed by atoms with E-state index in [-0.39, 0.29) is 27.9 Å². The van der Waals surface area contributed by atoms with Gasteiger partial charge < -0.3 is 4.90 Å². The topological polar surface area (TPSA) is 66.1 Å². The van der Waals surface area contributed by atoms with Crippen molar-refractivity contribution in [2.45, 2.75) is 50.9 Å². The summed E-state index contributed by atoms with van der Waals surface area (Å²) >= 11 is 0. The number of hydrogen-bond donors (Lipinski definition) is 1. The third-order valence-corrected chi connectivity index (χ3v) is 5.15. The highest BCUT2D eigenvalue weighted by Gasteiger charge is 2.46. The smallest absolute Gasteiger partial charge is 0.252 e. The maximum absolute atomic E-state index is 12.8. The second-order valence-corrected chi connectivity index (χ2v) is 8.56. The molecule has 1 heterocycles. The van der Waals surface area contributed by atoms with E-state index >= 15 is 0 Å². The van der Waals surface area contributed by atoms with E-state index < -0.39 is 0 Å². The van der Waals surface area contributed by atoms with E-state index in [1.54, 1.807) is 19.0 Å². The van der Waals surface area contributed by atoms with Crippen molar-refractivity contribution in [3.05, 3.63) is 57.5 Å². The molecule has 5 nitrogen and oxygen atoms in total. The number of ketones is 1. The third-order valence-electron chi connectivity index (χ3n) is 5.15. The zero-order chi connectivity index (χ0) is 19.1. The van der Waals surface area contributed by atoms with Crippen molar-refractivity contribution in [2.24, 2.45) is 0 Å². The molecule has 5 heteroatoms. The van der Waals surface area contributed by atoms with Crippen molar-refractivity contribution < 1.29 is 4.79 Å². The van der Waals surface area contributed by atoms with Crippen molar-refractivity contribution in [2.75, 3.05) is 19.0 Å². The molecule has 26 heavy (non-hydrogen) atoms. The van der Waals surface area contributed by atoms with Crippen LogP contribution in [0.15, 0.2) is 35.1 Å². The zero-order valence-electron chi connectivity index (χ0n) is 16.2. The van der Waals surface area contributed by atoms with Gasteiger partial charge in [0.2, 0.25) is 5.95 Å². The van der Waals surface area contributed by atoms with Crippen LogP contribution in [0.3, 0.4) is 0 Å². The molecule has 1 aliphatic carbocycles. The van der Waals surface area contributed by atoms with E-state index in [1.807, 2.05) is 0 Å². The number of nitrogens with one attached hydrogen (secondary N) is 1. The van der Waals surface area contributed by atoms with Crippen LogP contribution in [0.25, 0.3) is 0 Å². The first-order valence-electron chi connectivity index (χ1n) is 9.04. The van der Waals surface area contributed by atoms with Gasteiger partial charge in [-0.25, -0.2) is 4.98 Å². The van der Waals surface area contributed by atoms with E-state index in [2.05, 4.69) is 55.0 Å². The lowest BCUT2D eigenvalue weighted by molar-refractivity contribution is 0.0964. The fourth-order valence-electron chi connectivity index (χ4n) is 3.24. The largest absolute Gasteiger partial charge is 0.348 e. The Labute approximate surface area is 154 Å². The van der Waals surface area contributed by atoms with Gasteiger partial charge in [0.15, 0.2) is 5.78 Å². The molecule has 1 fully saturated rings. The number of H-pyrrole nitrogens is 1. The maximum Gasteiger partial charge on any atom is 0.252 e. The second-order valence-electron chi connectivity index (χ2n) is 8.56. The number of nitrogens with zero attached hydrogens (tertiary/aromatic N) is 2. The van der Waals surface area contributed by atoms with Crippen LogP contribution in [-0.4, -0.2) is 29.8 Å². The Morgan fingerprint density at radius 3 is 2.31 bits per heavy atom. The molecule has 0 radical (unpaired) electrons. The van der Waals surface area contributed by atoms with Crippen molar-refractivity contribution >= 4 is 11.7 Å². The van der Waals surface area contributed by atoms with Crippen molar-refractivity contribution in [1.29, 1.82) is 0 Å². The summed E-state index contributed by atoms with van der Waals surface area (Å²) in [6, 6.07) is 9.92. The first-order valence-corrected chi connectivity index (χ1v) is 9.04. The average molecular weight is 353 g/mol. The predicted molar refractivity (Wildman–Crippen MR) is 104 cm³/mol. The SMILES string of the molecule is CN(C)c1nc(C(=O)CC2(c3ccc(C(C)(C)C)cc3)CC2)cc(=O)[nH]1. The van der Waals surface area contributed by atoms with E-state index in [1.165, 1.54) is 17.2 Å². The van der Waals surface area contributed by atoms with Gasteiger partial charge in [-0.2, -0.15) is 0 Å². The second kappa shape index (κ2) is 6.38. The van der Waals surface area contributed by atoms with E-state index in [0.29, 0.717) is 12.4 Å². The quantitative estimate of drug-likeness (QED) is 0.836. The Balaban J connectivity index is 1.82. The molecule has 0 saturated heterocycles. The number of benzene rings is 1. The van der Waals surface area contributed by atoms with Crippen LogP contribution in [0.5, 0.6) is 0 Å². The molecule has 1 aromatic carbocycles. The summed E-state index contributed by atoms with van der Waals surface area (Å²) in [7, 11) is 3.57. The van der Waals surface area contributed by atoms with Crippen LogP contribution in [0, 0.1) is 0 Å². The number of aromatic amines is 1. The lowest BCUT2D eigenvalue weighted by Gasteiger charge is -2.21. The van der Waals surface area contributed by atoms with E-state index in [4.69, 9.17) is 0 Å². The minimum atomic E-state index is -0.300. The predicted octanol–water partition coefficient (Wildman–Crippen LogP) is 3.44. The maximum atomic E-state index is 12.8. The molecular formula is C21H27N3O2. The number of carbonyl (C=O) groups excluding carboxylic acids is 1. The minimum absolute atomic E-state index is 0.0726. The Morgan fingerprint density at radius 1 is 1.19 bits per heavy atom. The first-order chi connectivity index (χ1) is 12.1. The molecule has 2 aromatic rings. The summed E-state index contributed by atoms with van der Waals surface area (Å²) in [6.45, 7) is 6.58. The number of carbonyl (C=O) groups is 1. The van der Waals surface area contributed by atoms with Gasteiger partial charge in [-0.15, -0.1) is 0 Å². The van der Waals surface area contributed by atoms with Gasteiger partial charge in [0, 0.05) is 32.0 Å². The number of aromatic nitrogens is 2. The molecule has 0 atom stereocenters. The summed E-state index contributed by atoms with van der Waals surface area (Å²) < 4.78 is 0. The van der Waals surface area contributed by atoms with Gasteiger partial charge in [-0.3, -0.25) is 14.6 Å². The number of rotatable bonds is 5.